The summed E-state index contributed by atoms with van der Waals surface area (Å²) in [5.41, 5.74) is 0.608. The number of alkyl halides is 3. The molecular weight excluding hydrogens is 335 g/mol. The first-order valence-corrected chi connectivity index (χ1v) is 7.90. The average molecular weight is 345 g/mol. The minimum absolute atomic E-state index is 0.171. The third kappa shape index (κ3) is 2.67. The maximum absolute atomic E-state index is 12.6. The Morgan fingerprint density at radius 2 is 1.79 bits per heavy atom. The Bertz CT molecular complexity index is 967. The Labute approximate surface area is 138 Å². The first kappa shape index (κ1) is 14.9. The number of aromatic amines is 1. The number of H-pyrrole nitrogens is 1. The number of nitrogens with zero attached hydrogens (tertiary/aromatic N) is 2. The van der Waals surface area contributed by atoms with Gasteiger partial charge in [0, 0.05) is 21.3 Å². The van der Waals surface area contributed by atoms with Gasteiger partial charge in [0.2, 0.25) is 0 Å². The maximum atomic E-state index is 12.6. The lowest BCUT2D eigenvalue weighted by Crippen LogP contribution is -2.04. The van der Waals surface area contributed by atoms with Crippen LogP contribution in [-0.4, -0.2) is 15.2 Å². The summed E-state index contributed by atoms with van der Waals surface area (Å²) in [4.78, 5) is 5.31. The van der Waals surface area contributed by atoms with Crippen molar-refractivity contribution in [2.45, 2.75) is 6.18 Å². The zero-order chi connectivity index (χ0) is 16.7. The van der Waals surface area contributed by atoms with Crippen LogP contribution in [0.5, 0.6) is 0 Å². The Morgan fingerprint density at radius 3 is 2.46 bits per heavy atom. The van der Waals surface area contributed by atoms with Crippen molar-refractivity contribution in [1.82, 2.24) is 15.2 Å². The van der Waals surface area contributed by atoms with Gasteiger partial charge >= 0.3 is 6.18 Å². The number of pyridine rings is 1. The summed E-state index contributed by atoms with van der Waals surface area (Å²) in [6.45, 7) is 0. The molecule has 0 saturated heterocycles. The van der Waals surface area contributed by atoms with E-state index in [2.05, 4.69) is 16.1 Å². The Kier molecular flexibility index (Phi) is 3.38. The molecule has 1 N–H and O–H groups in total. The molecule has 120 valence electrons. The monoisotopic (exact) mass is 345 g/mol. The highest BCUT2D eigenvalue weighted by atomic mass is 32.1. The van der Waals surface area contributed by atoms with E-state index >= 15 is 0 Å². The average Bonchev–Trinajstić information content (AvgIpc) is 3.21. The van der Waals surface area contributed by atoms with Gasteiger partial charge in [0.1, 0.15) is 11.4 Å². The maximum Gasteiger partial charge on any atom is 0.432 e. The highest BCUT2D eigenvalue weighted by molar-refractivity contribution is 7.22. The Hall–Kier alpha value is -2.67. The smallest absolute Gasteiger partial charge is 0.273 e. The fourth-order valence-corrected chi connectivity index (χ4v) is 3.47. The van der Waals surface area contributed by atoms with Crippen LogP contribution in [0.1, 0.15) is 5.69 Å². The third-order valence-electron chi connectivity index (χ3n) is 3.62. The lowest BCUT2D eigenvalue weighted by atomic mass is 10.1. The number of halogens is 3. The number of thiophene rings is 1. The predicted molar refractivity (Wildman–Crippen MR) is 87.6 cm³/mol. The minimum Gasteiger partial charge on any atom is -0.273 e. The standard InChI is InChI=1S/C17H10F3N3S/c18-17(19,20)16-8-13(22-23-16)12-6-5-11(9-21-12)15-7-10-3-1-2-4-14(10)24-15/h1-9H,(H,22,23). The molecular formula is C17H10F3N3S. The van der Waals surface area contributed by atoms with Crippen LogP contribution >= 0.6 is 11.3 Å². The van der Waals surface area contributed by atoms with E-state index in [0.29, 0.717) is 5.69 Å². The molecule has 0 saturated carbocycles. The molecule has 24 heavy (non-hydrogen) atoms. The van der Waals surface area contributed by atoms with Crippen LogP contribution in [0.25, 0.3) is 31.9 Å². The summed E-state index contributed by atoms with van der Waals surface area (Å²) >= 11 is 1.65. The van der Waals surface area contributed by atoms with Gasteiger partial charge in [-0.25, -0.2) is 0 Å². The second kappa shape index (κ2) is 5.45. The van der Waals surface area contributed by atoms with E-state index in [1.807, 2.05) is 35.4 Å². The molecule has 4 rings (SSSR count). The SMILES string of the molecule is FC(F)(F)c1cc(-c2ccc(-c3cc4ccccc4s3)cn2)n[nH]1. The highest BCUT2D eigenvalue weighted by Gasteiger charge is 2.33. The number of benzene rings is 1. The number of hydrogen-bond acceptors (Lipinski definition) is 3. The highest BCUT2D eigenvalue weighted by Crippen LogP contribution is 2.34. The van der Waals surface area contributed by atoms with Crippen LogP contribution < -0.4 is 0 Å². The number of hydrogen-bond donors (Lipinski definition) is 1. The fourth-order valence-electron chi connectivity index (χ4n) is 2.41. The van der Waals surface area contributed by atoms with Gasteiger partial charge in [-0.2, -0.15) is 18.3 Å². The van der Waals surface area contributed by atoms with Gasteiger partial charge in [-0.05, 0) is 35.7 Å². The Balaban J connectivity index is 1.66. The molecule has 0 atom stereocenters. The van der Waals surface area contributed by atoms with Crippen molar-refractivity contribution in [2.24, 2.45) is 0 Å². The molecule has 0 unspecified atom stereocenters. The van der Waals surface area contributed by atoms with Crippen molar-refractivity contribution in [3.05, 3.63) is 60.4 Å². The molecule has 3 aromatic heterocycles. The van der Waals surface area contributed by atoms with Crippen molar-refractivity contribution < 1.29 is 13.2 Å². The molecule has 3 heterocycles. The Morgan fingerprint density at radius 1 is 0.958 bits per heavy atom. The second-order valence-electron chi connectivity index (χ2n) is 5.25. The zero-order valence-corrected chi connectivity index (χ0v) is 12.9. The van der Waals surface area contributed by atoms with Crippen molar-refractivity contribution in [3.63, 3.8) is 0 Å². The first-order chi connectivity index (χ1) is 11.5. The minimum atomic E-state index is -4.44. The quantitative estimate of drug-likeness (QED) is 0.530. The molecule has 4 aromatic rings. The summed E-state index contributed by atoms with van der Waals surface area (Å²) in [6.07, 6.45) is -2.79. The molecule has 0 radical (unpaired) electrons. The molecule has 0 amide bonds. The van der Waals surface area contributed by atoms with E-state index in [4.69, 9.17) is 0 Å². The van der Waals surface area contributed by atoms with Gasteiger partial charge in [0.05, 0.1) is 5.69 Å². The number of fused-ring (bicyclic) bond motifs is 1. The van der Waals surface area contributed by atoms with Gasteiger partial charge in [-0.1, -0.05) is 18.2 Å². The van der Waals surface area contributed by atoms with Crippen molar-refractivity contribution >= 4 is 21.4 Å². The number of nitrogens with one attached hydrogen (secondary N) is 1. The van der Waals surface area contributed by atoms with Gasteiger partial charge in [-0.3, -0.25) is 10.1 Å². The molecule has 0 fully saturated rings. The van der Waals surface area contributed by atoms with E-state index in [1.54, 1.807) is 23.6 Å². The van der Waals surface area contributed by atoms with Gasteiger partial charge in [0.15, 0.2) is 0 Å². The number of rotatable bonds is 2. The summed E-state index contributed by atoms with van der Waals surface area (Å²) in [6, 6.07) is 14.6. The van der Waals surface area contributed by atoms with E-state index < -0.39 is 11.9 Å². The van der Waals surface area contributed by atoms with E-state index in [1.165, 1.54) is 4.70 Å². The van der Waals surface area contributed by atoms with Crippen LogP contribution in [0.4, 0.5) is 13.2 Å². The largest absolute Gasteiger partial charge is 0.432 e. The van der Waals surface area contributed by atoms with Crippen LogP contribution in [0.3, 0.4) is 0 Å². The second-order valence-corrected chi connectivity index (χ2v) is 6.33. The summed E-state index contributed by atoms with van der Waals surface area (Å²) in [5.74, 6) is 0. The van der Waals surface area contributed by atoms with Gasteiger partial charge in [-0.15, -0.1) is 11.3 Å². The third-order valence-corrected chi connectivity index (χ3v) is 4.78. The first-order valence-electron chi connectivity index (χ1n) is 7.09. The van der Waals surface area contributed by atoms with Crippen LogP contribution in [0.2, 0.25) is 0 Å². The molecule has 0 aliphatic carbocycles. The molecule has 7 heteroatoms. The molecule has 1 aromatic carbocycles. The van der Waals surface area contributed by atoms with E-state index in [-0.39, 0.29) is 5.69 Å². The summed E-state index contributed by atoms with van der Waals surface area (Å²) < 4.78 is 39.0. The van der Waals surface area contributed by atoms with Crippen LogP contribution in [0.15, 0.2) is 54.7 Å². The van der Waals surface area contributed by atoms with E-state index in [9.17, 15) is 13.2 Å². The molecule has 0 bridgehead atoms. The lowest BCUT2D eigenvalue weighted by molar-refractivity contribution is -0.141. The van der Waals surface area contributed by atoms with Crippen molar-refractivity contribution in [3.8, 4) is 21.8 Å². The summed E-state index contributed by atoms with van der Waals surface area (Å²) in [7, 11) is 0. The van der Waals surface area contributed by atoms with Crippen LogP contribution in [0, 0.1) is 0 Å². The van der Waals surface area contributed by atoms with E-state index in [0.717, 1.165) is 21.9 Å². The predicted octanol–water partition coefficient (Wildman–Crippen LogP) is 5.37. The molecule has 0 aliphatic rings. The lowest BCUT2D eigenvalue weighted by Gasteiger charge is -2.00. The normalized spacial score (nSPS) is 12.0. The van der Waals surface area contributed by atoms with Crippen molar-refractivity contribution in [2.75, 3.05) is 0 Å². The van der Waals surface area contributed by atoms with Crippen LogP contribution in [-0.2, 0) is 6.18 Å². The fraction of sp³-hybridized carbons (Fsp3) is 0.0588. The zero-order valence-electron chi connectivity index (χ0n) is 12.1. The van der Waals surface area contributed by atoms with Crippen molar-refractivity contribution in [1.29, 1.82) is 0 Å². The van der Waals surface area contributed by atoms with Gasteiger partial charge < -0.3 is 0 Å². The molecule has 3 nitrogen and oxygen atoms in total. The molecule has 0 aliphatic heterocycles. The number of aromatic nitrogens is 3. The molecule has 0 spiro atoms. The summed E-state index contributed by atoms with van der Waals surface area (Å²) in [5, 5.41) is 6.84. The van der Waals surface area contributed by atoms with Gasteiger partial charge in [0.25, 0.3) is 0 Å². The topological polar surface area (TPSA) is 41.6 Å².